The number of rotatable bonds is 6. The first-order valence-corrected chi connectivity index (χ1v) is 10.1. The summed E-state index contributed by atoms with van der Waals surface area (Å²) in [4.78, 5) is 12.2. The zero-order chi connectivity index (χ0) is 18.6. The molecule has 3 rings (SSSR count). The number of allylic oxidation sites excluding steroid dienone is 2. The molecule has 0 heterocycles. The molecule has 2 aromatic carbocycles. The van der Waals surface area contributed by atoms with E-state index in [1.54, 1.807) is 36.4 Å². The van der Waals surface area contributed by atoms with Gasteiger partial charge in [0, 0.05) is 12.1 Å². The normalized spacial score (nSPS) is 16.4. The minimum Gasteiger partial charge on any atom is -0.326 e. The number of carbonyl (C=O) groups is 1. The van der Waals surface area contributed by atoms with Crippen LogP contribution in [0.25, 0.3) is 0 Å². The number of anilines is 2. The van der Waals surface area contributed by atoms with E-state index in [1.807, 2.05) is 6.08 Å². The Bertz CT molecular complexity index is 941. The summed E-state index contributed by atoms with van der Waals surface area (Å²) in [6, 6.07) is 12.8. The lowest BCUT2D eigenvalue weighted by Gasteiger charge is -2.12. The number of hydrogen-bond donors (Lipinski definition) is 2. The highest BCUT2D eigenvalue weighted by atomic mass is 35.5. The van der Waals surface area contributed by atoms with Gasteiger partial charge in [0.15, 0.2) is 0 Å². The molecule has 7 heteroatoms. The fourth-order valence-electron chi connectivity index (χ4n) is 2.80. The number of sulfonamides is 1. The summed E-state index contributed by atoms with van der Waals surface area (Å²) in [7, 11) is -3.81. The van der Waals surface area contributed by atoms with Crippen molar-refractivity contribution in [3.8, 4) is 0 Å². The molecule has 1 aliphatic carbocycles. The first kappa shape index (κ1) is 18.5. The van der Waals surface area contributed by atoms with Crippen LogP contribution in [0, 0.1) is 5.92 Å². The van der Waals surface area contributed by atoms with Crippen LogP contribution in [0.4, 0.5) is 11.4 Å². The van der Waals surface area contributed by atoms with Crippen LogP contribution in [-0.2, 0) is 14.8 Å². The maximum atomic E-state index is 12.6. The molecular formula is C19H19ClN2O3S. The highest BCUT2D eigenvalue weighted by molar-refractivity contribution is 7.92. The fourth-order valence-corrected chi connectivity index (χ4v) is 4.17. The van der Waals surface area contributed by atoms with Crippen molar-refractivity contribution >= 4 is 38.9 Å². The molecule has 1 aliphatic rings. The van der Waals surface area contributed by atoms with Crippen LogP contribution < -0.4 is 10.0 Å². The molecule has 0 bridgehead atoms. The van der Waals surface area contributed by atoms with E-state index in [0.717, 1.165) is 12.8 Å². The van der Waals surface area contributed by atoms with Gasteiger partial charge in [-0.15, -0.1) is 0 Å². The molecule has 0 fully saturated rings. The Hall–Kier alpha value is -2.31. The fraction of sp³-hybridized carbons (Fsp3) is 0.211. The monoisotopic (exact) mass is 390 g/mol. The van der Waals surface area contributed by atoms with E-state index >= 15 is 0 Å². The molecule has 0 unspecified atom stereocenters. The van der Waals surface area contributed by atoms with Crippen molar-refractivity contribution in [2.75, 3.05) is 10.0 Å². The van der Waals surface area contributed by atoms with E-state index in [2.05, 4.69) is 16.1 Å². The van der Waals surface area contributed by atoms with Crippen LogP contribution in [0.2, 0.25) is 5.02 Å². The van der Waals surface area contributed by atoms with Crippen molar-refractivity contribution < 1.29 is 13.2 Å². The highest BCUT2D eigenvalue weighted by Gasteiger charge is 2.18. The number of nitrogens with one attached hydrogen (secondary N) is 2. The van der Waals surface area contributed by atoms with E-state index in [9.17, 15) is 13.2 Å². The largest absolute Gasteiger partial charge is 0.326 e. The standard InChI is InChI=1S/C19H19ClN2O3S/c20-17-10-3-4-11-18(17)22-26(24,25)16-9-5-8-15(13-16)21-19(23)12-14-6-1-2-7-14/h1,3-6,8-11,13-14,22H,2,7,12H2,(H,21,23)/t14-/m0/s1. The first-order valence-electron chi connectivity index (χ1n) is 8.28. The average molecular weight is 391 g/mol. The van der Waals surface area contributed by atoms with E-state index in [0.29, 0.717) is 22.8 Å². The Kier molecular flexibility index (Phi) is 5.64. The van der Waals surface area contributed by atoms with E-state index < -0.39 is 10.0 Å². The minimum atomic E-state index is -3.81. The number of para-hydroxylation sites is 1. The predicted molar refractivity (Wildman–Crippen MR) is 104 cm³/mol. The van der Waals surface area contributed by atoms with Gasteiger partial charge in [0.25, 0.3) is 10.0 Å². The summed E-state index contributed by atoms with van der Waals surface area (Å²) in [6.45, 7) is 0. The molecule has 0 aliphatic heterocycles. The van der Waals surface area contributed by atoms with Gasteiger partial charge in [0.1, 0.15) is 0 Å². The molecule has 0 radical (unpaired) electrons. The quantitative estimate of drug-likeness (QED) is 0.716. The number of benzene rings is 2. The smallest absolute Gasteiger partial charge is 0.262 e. The first-order chi connectivity index (χ1) is 12.4. The van der Waals surface area contributed by atoms with Crippen LogP contribution in [0.5, 0.6) is 0 Å². The Balaban J connectivity index is 1.72. The molecule has 0 saturated heterocycles. The number of hydrogen-bond acceptors (Lipinski definition) is 3. The van der Waals surface area contributed by atoms with Crippen molar-refractivity contribution in [1.82, 2.24) is 0 Å². The molecule has 0 spiro atoms. The zero-order valence-electron chi connectivity index (χ0n) is 14.0. The summed E-state index contributed by atoms with van der Waals surface area (Å²) in [6.07, 6.45) is 6.49. The number of amides is 1. The maximum absolute atomic E-state index is 12.6. The lowest BCUT2D eigenvalue weighted by atomic mass is 10.1. The van der Waals surface area contributed by atoms with Gasteiger partial charge in [-0.2, -0.15) is 0 Å². The third-order valence-electron chi connectivity index (χ3n) is 4.11. The molecule has 0 saturated carbocycles. The molecule has 2 aromatic rings. The van der Waals surface area contributed by atoms with Gasteiger partial charge in [0.2, 0.25) is 5.91 Å². The maximum Gasteiger partial charge on any atom is 0.262 e. The van der Waals surface area contributed by atoms with Gasteiger partial charge in [-0.1, -0.05) is 42.0 Å². The molecule has 136 valence electrons. The number of carbonyl (C=O) groups excluding carboxylic acids is 1. The van der Waals surface area contributed by atoms with Crippen LogP contribution in [-0.4, -0.2) is 14.3 Å². The molecule has 26 heavy (non-hydrogen) atoms. The summed E-state index contributed by atoms with van der Waals surface area (Å²) in [5.41, 5.74) is 0.746. The lowest BCUT2D eigenvalue weighted by molar-refractivity contribution is -0.116. The van der Waals surface area contributed by atoms with Crippen molar-refractivity contribution in [1.29, 1.82) is 0 Å². The second-order valence-electron chi connectivity index (χ2n) is 6.13. The number of halogens is 1. The van der Waals surface area contributed by atoms with Crippen LogP contribution in [0.1, 0.15) is 19.3 Å². The van der Waals surface area contributed by atoms with Crippen molar-refractivity contribution in [2.24, 2.45) is 5.92 Å². The van der Waals surface area contributed by atoms with Gasteiger partial charge in [-0.25, -0.2) is 8.42 Å². The van der Waals surface area contributed by atoms with Crippen LogP contribution >= 0.6 is 11.6 Å². The summed E-state index contributed by atoms with van der Waals surface area (Å²) in [5.74, 6) is 0.124. The molecule has 1 atom stereocenters. The van der Waals surface area contributed by atoms with Gasteiger partial charge in [-0.3, -0.25) is 9.52 Å². The molecular weight excluding hydrogens is 372 g/mol. The predicted octanol–water partition coefficient (Wildman–Crippen LogP) is 4.44. The Morgan fingerprint density at radius 3 is 2.69 bits per heavy atom. The third kappa shape index (κ3) is 4.65. The second kappa shape index (κ2) is 7.93. The summed E-state index contributed by atoms with van der Waals surface area (Å²) in [5, 5.41) is 3.08. The summed E-state index contributed by atoms with van der Waals surface area (Å²) >= 11 is 6.01. The highest BCUT2D eigenvalue weighted by Crippen LogP contribution is 2.25. The van der Waals surface area contributed by atoms with Crippen molar-refractivity contribution in [2.45, 2.75) is 24.2 Å². The van der Waals surface area contributed by atoms with Gasteiger partial charge in [-0.05, 0) is 49.1 Å². The van der Waals surface area contributed by atoms with Gasteiger partial charge in [0.05, 0.1) is 15.6 Å². The van der Waals surface area contributed by atoms with Crippen molar-refractivity contribution in [3.63, 3.8) is 0 Å². The molecule has 1 amide bonds. The minimum absolute atomic E-state index is 0.0518. The van der Waals surface area contributed by atoms with Crippen molar-refractivity contribution in [3.05, 3.63) is 65.7 Å². The molecule has 2 N–H and O–H groups in total. The van der Waals surface area contributed by atoms with E-state index in [-0.39, 0.29) is 16.7 Å². The Labute approximate surface area is 158 Å². The molecule has 0 aromatic heterocycles. The zero-order valence-corrected chi connectivity index (χ0v) is 15.6. The lowest BCUT2D eigenvalue weighted by Crippen LogP contribution is -2.16. The SMILES string of the molecule is O=C(C[C@H]1C=CCC1)Nc1cccc(S(=O)(=O)Nc2ccccc2Cl)c1. The second-order valence-corrected chi connectivity index (χ2v) is 8.22. The van der Waals surface area contributed by atoms with Crippen LogP contribution in [0.15, 0.2) is 65.6 Å². The Morgan fingerprint density at radius 1 is 1.15 bits per heavy atom. The van der Waals surface area contributed by atoms with E-state index in [4.69, 9.17) is 11.6 Å². The average Bonchev–Trinajstić information content (AvgIpc) is 3.10. The third-order valence-corrected chi connectivity index (χ3v) is 5.80. The topological polar surface area (TPSA) is 75.3 Å². The van der Waals surface area contributed by atoms with Crippen LogP contribution in [0.3, 0.4) is 0 Å². The molecule has 5 nitrogen and oxygen atoms in total. The van der Waals surface area contributed by atoms with E-state index in [1.165, 1.54) is 12.1 Å². The van der Waals surface area contributed by atoms with Gasteiger partial charge >= 0.3 is 0 Å². The van der Waals surface area contributed by atoms with Gasteiger partial charge < -0.3 is 5.32 Å². The summed E-state index contributed by atoms with van der Waals surface area (Å²) < 4.78 is 27.6. The Morgan fingerprint density at radius 2 is 1.96 bits per heavy atom.